The first kappa shape index (κ1) is 16.5. The van der Waals surface area contributed by atoms with E-state index in [1.54, 1.807) is 6.07 Å². The molecule has 0 bridgehead atoms. The largest absolute Gasteiger partial charge is 0.313 e. The third-order valence-corrected chi connectivity index (χ3v) is 5.82. The predicted octanol–water partition coefficient (Wildman–Crippen LogP) is 2.57. The van der Waals surface area contributed by atoms with Crippen LogP contribution in [0, 0.1) is 12.8 Å². The molecule has 1 aromatic carbocycles. The van der Waals surface area contributed by atoms with Crippen LogP contribution in [0.15, 0.2) is 23.1 Å². The highest BCUT2D eigenvalue weighted by Crippen LogP contribution is 2.34. The first-order chi connectivity index (χ1) is 9.99. The Morgan fingerprint density at radius 2 is 2.05 bits per heavy atom. The smallest absolute Gasteiger partial charge is 0.241 e. The molecule has 2 rings (SSSR count). The van der Waals surface area contributed by atoms with Gasteiger partial charge in [0.15, 0.2) is 0 Å². The zero-order valence-corrected chi connectivity index (χ0v) is 14.0. The molecule has 2 N–H and O–H groups in total. The van der Waals surface area contributed by atoms with Crippen LogP contribution in [-0.4, -0.2) is 21.0 Å². The maximum Gasteiger partial charge on any atom is 0.241 e. The van der Waals surface area contributed by atoms with Gasteiger partial charge < -0.3 is 5.32 Å². The van der Waals surface area contributed by atoms with E-state index in [4.69, 9.17) is 0 Å². The fraction of sp³-hybridized carbons (Fsp3) is 0.625. The molecule has 0 saturated heterocycles. The van der Waals surface area contributed by atoms with Gasteiger partial charge in [-0.3, -0.25) is 0 Å². The summed E-state index contributed by atoms with van der Waals surface area (Å²) < 4.78 is 27.9. The van der Waals surface area contributed by atoms with Gasteiger partial charge >= 0.3 is 0 Å². The average molecular weight is 310 g/mol. The van der Waals surface area contributed by atoms with Crippen LogP contribution in [0.2, 0.25) is 0 Å². The van der Waals surface area contributed by atoms with E-state index in [1.165, 1.54) is 0 Å². The molecule has 1 aliphatic rings. The molecule has 1 aliphatic carbocycles. The van der Waals surface area contributed by atoms with Crippen molar-refractivity contribution in [3.8, 4) is 0 Å². The van der Waals surface area contributed by atoms with Gasteiger partial charge in [-0.25, -0.2) is 13.1 Å². The molecule has 21 heavy (non-hydrogen) atoms. The zero-order chi connectivity index (χ0) is 15.5. The van der Waals surface area contributed by atoms with Crippen molar-refractivity contribution in [2.75, 3.05) is 6.54 Å². The Labute approximate surface area is 128 Å². The van der Waals surface area contributed by atoms with Gasteiger partial charge in [0, 0.05) is 12.6 Å². The lowest BCUT2D eigenvalue weighted by molar-refractivity contribution is 0.574. The quantitative estimate of drug-likeness (QED) is 0.726. The fourth-order valence-electron chi connectivity index (χ4n) is 2.65. The van der Waals surface area contributed by atoms with Gasteiger partial charge in [-0.1, -0.05) is 32.4 Å². The number of nitrogens with one attached hydrogen (secondary N) is 2. The maximum absolute atomic E-state index is 12.5. The first-order valence-corrected chi connectivity index (χ1v) is 9.29. The summed E-state index contributed by atoms with van der Waals surface area (Å²) in [7, 11) is -3.40. The number of benzene rings is 1. The molecule has 1 aromatic rings. The van der Waals surface area contributed by atoms with Gasteiger partial charge in [0.1, 0.15) is 0 Å². The van der Waals surface area contributed by atoms with Crippen molar-refractivity contribution in [1.82, 2.24) is 10.0 Å². The first-order valence-electron chi connectivity index (χ1n) is 7.81. The Morgan fingerprint density at radius 3 is 2.67 bits per heavy atom. The zero-order valence-electron chi connectivity index (χ0n) is 13.1. The minimum Gasteiger partial charge on any atom is -0.313 e. The molecule has 0 aromatic heterocycles. The molecule has 4 nitrogen and oxygen atoms in total. The van der Waals surface area contributed by atoms with Crippen LogP contribution in [0.25, 0.3) is 0 Å². The second kappa shape index (κ2) is 6.90. The van der Waals surface area contributed by atoms with Crippen molar-refractivity contribution < 1.29 is 8.42 Å². The molecule has 118 valence electrons. The van der Waals surface area contributed by atoms with E-state index in [9.17, 15) is 8.42 Å². The molecule has 0 heterocycles. The van der Waals surface area contributed by atoms with Crippen LogP contribution in [0.3, 0.4) is 0 Å². The molecule has 0 radical (unpaired) electrons. The van der Waals surface area contributed by atoms with E-state index < -0.39 is 10.0 Å². The summed E-state index contributed by atoms with van der Waals surface area (Å²) in [6, 6.07) is 5.64. The molecular weight excluding hydrogens is 284 g/mol. The van der Waals surface area contributed by atoms with Crippen LogP contribution < -0.4 is 10.0 Å². The maximum atomic E-state index is 12.5. The lowest BCUT2D eigenvalue weighted by Crippen LogP contribution is -2.28. The van der Waals surface area contributed by atoms with Crippen molar-refractivity contribution in [2.24, 2.45) is 5.92 Å². The average Bonchev–Trinajstić information content (AvgIpc) is 3.18. The summed E-state index contributed by atoms with van der Waals surface area (Å²) in [5.74, 6) is 0.509. The second-order valence-electron chi connectivity index (χ2n) is 5.85. The van der Waals surface area contributed by atoms with Crippen molar-refractivity contribution >= 4 is 10.0 Å². The Hall–Kier alpha value is -0.910. The van der Waals surface area contributed by atoms with Crippen molar-refractivity contribution in [2.45, 2.75) is 57.5 Å². The lowest BCUT2D eigenvalue weighted by atomic mass is 10.1. The van der Waals surface area contributed by atoms with Gasteiger partial charge in [-0.2, -0.15) is 0 Å². The van der Waals surface area contributed by atoms with Crippen molar-refractivity contribution in [1.29, 1.82) is 0 Å². The second-order valence-corrected chi connectivity index (χ2v) is 7.53. The van der Waals surface area contributed by atoms with E-state index in [0.29, 0.717) is 17.4 Å². The molecule has 1 saturated carbocycles. The molecule has 2 atom stereocenters. The van der Waals surface area contributed by atoms with Crippen LogP contribution in [0.1, 0.15) is 44.2 Å². The van der Waals surface area contributed by atoms with Crippen LogP contribution in [-0.2, 0) is 16.6 Å². The van der Waals surface area contributed by atoms with Crippen LogP contribution >= 0.6 is 0 Å². The lowest BCUT2D eigenvalue weighted by Gasteiger charge is -2.13. The number of rotatable bonds is 8. The predicted molar refractivity (Wildman–Crippen MR) is 85.7 cm³/mol. The summed E-state index contributed by atoms with van der Waals surface area (Å²) >= 11 is 0. The number of hydrogen-bond acceptors (Lipinski definition) is 3. The molecule has 0 spiro atoms. The third-order valence-electron chi connectivity index (χ3n) is 4.18. The Bertz CT molecular complexity index is 584. The summed E-state index contributed by atoms with van der Waals surface area (Å²) in [4.78, 5) is 0.417. The third kappa shape index (κ3) is 4.05. The minimum absolute atomic E-state index is 0.126. The fourth-order valence-corrected chi connectivity index (χ4v) is 4.25. The van der Waals surface area contributed by atoms with Gasteiger partial charge in [0.2, 0.25) is 10.0 Å². The standard InChI is InChI=1S/C16H26N2O2S/c1-4-9-17-11-14-7-6-8-16(12(14)3)21(19,20)18-15-10-13(15)5-2/h6-8,13,15,17-18H,4-5,9-11H2,1-3H3. The van der Waals surface area contributed by atoms with Crippen LogP contribution in [0.5, 0.6) is 0 Å². The summed E-state index contributed by atoms with van der Waals surface area (Å²) in [5.41, 5.74) is 1.90. The topological polar surface area (TPSA) is 58.2 Å². The summed E-state index contributed by atoms with van der Waals surface area (Å²) in [6.07, 6.45) is 3.07. The van der Waals surface area contributed by atoms with E-state index >= 15 is 0 Å². The van der Waals surface area contributed by atoms with Crippen molar-refractivity contribution in [3.63, 3.8) is 0 Å². The van der Waals surface area contributed by atoms with E-state index in [0.717, 1.165) is 36.9 Å². The monoisotopic (exact) mass is 310 g/mol. The van der Waals surface area contributed by atoms with E-state index in [2.05, 4.69) is 23.9 Å². The van der Waals surface area contributed by atoms with E-state index in [1.807, 2.05) is 19.1 Å². The highest BCUT2D eigenvalue weighted by atomic mass is 32.2. The molecule has 5 heteroatoms. The molecule has 1 fully saturated rings. The molecule has 0 amide bonds. The van der Waals surface area contributed by atoms with Gasteiger partial charge in [-0.15, -0.1) is 0 Å². The normalized spacial score (nSPS) is 21.5. The van der Waals surface area contributed by atoms with E-state index in [-0.39, 0.29) is 6.04 Å². The van der Waals surface area contributed by atoms with Gasteiger partial charge in [0.25, 0.3) is 0 Å². The number of hydrogen-bond donors (Lipinski definition) is 2. The molecular formula is C16H26N2O2S. The van der Waals surface area contributed by atoms with Crippen LogP contribution in [0.4, 0.5) is 0 Å². The molecule has 2 unspecified atom stereocenters. The highest BCUT2D eigenvalue weighted by Gasteiger charge is 2.38. The van der Waals surface area contributed by atoms with Gasteiger partial charge in [0.05, 0.1) is 4.90 Å². The van der Waals surface area contributed by atoms with Gasteiger partial charge in [-0.05, 0) is 49.4 Å². The Morgan fingerprint density at radius 1 is 1.29 bits per heavy atom. The van der Waals surface area contributed by atoms with Crippen molar-refractivity contribution in [3.05, 3.63) is 29.3 Å². The number of sulfonamides is 1. The summed E-state index contributed by atoms with van der Waals surface area (Å²) in [6.45, 7) is 7.76. The SMILES string of the molecule is CCCNCc1cccc(S(=O)(=O)NC2CC2CC)c1C. The Kier molecular flexibility index (Phi) is 5.41. The Balaban J connectivity index is 2.13. The summed E-state index contributed by atoms with van der Waals surface area (Å²) in [5, 5.41) is 3.32. The minimum atomic E-state index is -3.40. The highest BCUT2D eigenvalue weighted by molar-refractivity contribution is 7.89. The molecule has 0 aliphatic heterocycles.